The summed E-state index contributed by atoms with van der Waals surface area (Å²) in [5, 5.41) is 16.5. The number of hydrogen-bond acceptors (Lipinski definition) is 4. The molecule has 0 aliphatic carbocycles. The minimum Gasteiger partial charge on any atom is -0.481 e. The molecule has 36 heavy (non-hydrogen) atoms. The second-order valence-corrected chi connectivity index (χ2v) is 9.14. The predicted octanol–water partition coefficient (Wildman–Crippen LogP) is 6.06. The number of carboxylic acid groups (broad SMARTS) is 1. The molecule has 180 valence electrons. The molecule has 0 saturated heterocycles. The molecule has 0 spiro atoms. The van der Waals surface area contributed by atoms with Crippen molar-refractivity contribution in [3.8, 4) is 11.1 Å². The highest BCUT2D eigenvalue weighted by molar-refractivity contribution is 6.14. The number of carbonyl (C=O) groups excluding carboxylic acids is 1. The highest BCUT2D eigenvalue weighted by atomic mass is 16.4. The first-order valence-corrected chi connectivity index (χ1v) is 12.1. The highest BCUT2D eigenvalue weighted by Gasteiger charge is 2.35. The van der Waals surface area contributed by atoms with Gasteiger partial charge in [-0.3, -0.25) is 14.6 Å². The van der Waals surface area contributed by atoms with E-state index in [1.807, 2.05) is 68.4 Å². The van der Waals surface area contributed by atoms with Gasteiger partial charge in [-0.15, -0.1) is 0 Å². The summed E-state index contributed by atoms with van der Waals surface area (Å²) < 4.78 is 0. The normalized spacial score (nSPS) is 15.2. The van der Waals surface area contributed by atoms with Crippen LogP contribution in [-0.4, -0.2) is 32.7 Å². The van der Waals surface area contributed by atoms with E-state index in [4.69, 9.17) is 15.2 Å². The fourth-order valence-corrected chi connectivity index (χ4v) is 4.95. The van der Waals surface area contributed by atoms with Crippen LogP contribution in [0.15, 0.2) is 84.0 Å². The maximum absolute atomic E-state index is 13.2. The van der Waals surface area contributed by atoms with Gasteiger partial charge in [0.2, 0.25) is 5.91 Å². The van der Waals surface area contributed by atoms with Gasteiger partial charge in [0, 0.05) is 35.0 Å². The van der Waals surface area contributed by atoms with Crippen LogP contribution in [0.2, 0.25) is 0 Å². The Morgan fingerprint density at radius 3 is 2.42 bits per heavy atom. The third kappa shape index (κ3) is 4.50. The second-order valence-electron chi connectivity index (χ2n) is 9.14. The van der Waals surface area contributed by atoms with Crippen molar-refractivity contribution in [3.63, 3.8) is 0 Å². The fraction of sp³-hybridized carbons (Fsp3) is 0.200. The molecular formula is C30H27N3O3. The molecule has 6 heteroatoms. The van der Waals surface area contributed by atoms with E-state index in [0.717, 1.165) is 50.1 Å². The second kappa shape index (κ2) is 9.74. The van der Waals surface area contributed by atoms with Gasteiger partial charge in [-0.05, 0) is 31.0 Å². The summed E-state index contributed by atoms with van der Waals surface area (Å²) in [6.07, 6.45) is 0.185. The molecule has 2 heterocycles. The Hall–Kier alpha value is -4.32. The van der Waals surface area contributed by atoms with Gasteiger partial charge in [0.05, 0.1) is 23.7 Å². The van der Waals surface area contributed by atoms with Crippen molar-refractivity contribution in [2.45, 2.75) is 39.2 Å². The van der Waals surface area contributed by atoms with Crippen molar-refractivity contribution < 1.29 is 14.7 Å². The third-order valence-corrected chi connectivity index (χ3v) is 6.57. The zero-order valence-electron chi connectivity index (χ0n) is 20.3. The molecule has 0 unspecified atom stereocenters. The van der Waals surface area contributed by atoms with Crippen molar-refractivity contribution in [1.29, 1.82) is 0 Å². The van der Waals surface area contributed by atoms with Gasteiger partial charge in [-0.1, -0.05) is 78.4 Å². The molecule has 0 radical (unpaired) electrons. The summed E-state index contributed by atoms with van der Waals surface area (Å²) in [7, 11) is 0. The quantitative estimate of drug-likeness (QED) is 0.366. The SMILES string of the molecule is Cc1cccc([C@H]2CC(c3c(C)nc4ccccc4c3-c3ccccc3)=NN2C(=O)CCC(=O)O)c1. The molecule has 0 fully saturated rings. The fourth-order valence-electron chi connectivity index (χ4n) is 4.95. The Bertz CT molecular complexity index is 1490. The molecule has 4 aromatic rings. The maximum atomic E-state index is 13.2. The summed E-state index contributed by atoms with van der Waals surface area (Å²) in [6, 6.07) is 26.0. The number of aliphatic carboxylic acids is 1. The van der Waals surface area contributed by atoms with Gasteiger partial charge >= 0.3 is 5.97 Å². The number of pyridine rings is 1. The van der Waals surface area contributed by atoms with E-state index in [-0.39, 0.29) is 24.8 Å². The van der Waals surface area contributed by atoms with E-state index >= 15 is 0 Å². The lowest BCUT2D eigenvalue weighted by atomic mass is 9.89. The van der Waals surface area contributed by atoms with Crippen LogP contribution in [0.4, 0.5) is 0 Å². The van der Waals surface area contributed by atoms with E-state index in [1.165, 1.54) is 5.01 Å². The third-order valence-electron chi connectivity index (χ3n) is 6.57. The number of para-hydroxylation sites is 1. The van der Waals surface area contributed by atoms with Crippen LogP contribution in [-0.2, 0) is 9.59 Å². The van der Waals surface area contributed by atoms with Gasteiger partial charge in [-0.25, -0.2) is 5.01 Å². The van der Waals surface area contributed by atoms with Gasteiger partial charge in [0.25, 0.3) is 0 Å². The van der Waals surface area contributed by atoms with Crippen LogP contribution >= 0.6 is 0 Å². The van der Waals surface area contributed by atoms with E-state index < -0.39 is 5.97 Å². The number of nitrogens with zero attached hydrogens (tertiary/aromatic N) is 3. The summed E-state index contributed by atoms with van der Waals surface area (Å²) in [5.74, 6) is -1.30. The molecule has 5 rings (SSSR count). The summed E-state index contributed by atoms with van der Waals surface area (Å²) in [4.78, 5) is 29.2. The first-order chi connectivity index (χ1) is 17.4. The number of benzene rings is 3. The summed E-state index contributed by atoms with van der Waals surface area (Å²) in [6.45, 7) is 4.00. The van der Waals surface area contributed by atoms with Crippen molar-refractivity contribution in [3.05, 3.63) is 101 Å². The number of aromatic nitrogens is 1. The number of rotatable bonds is 6. The lowest BCUT2D eigenvalue weighted by molar-refractivity contribution is -0.141. The zero-order chi connectivity index (χ0) is 25.2. The van der Waals surface area contributed by atoms with Gasteiger partial charge in [0.1, 0.15) is 0 Å². The Morgan fingerprint density at radius 1 is 0.917 bits per heavy atom. The molecule has 1 N–H and O–H groups in total. The Balaban J connectivity index is 1.68. The molecule has 3 aromatic carbocycles. The standard InChI is InChI=1S/C30H27N3O3/c1-19-9-8-12-22(17-19)26-18-25(32-33(26)27(34)15-16-28(35)36)29-20(2)31-24-14-7-6-13-23(24)30(29)21-10-4-3-5-11-21/h3-14,17,26H,15-16,18H2,1-2H3,(H,35,36)/t26-/m1/s1. The molecule has 1 aromatic heterocycles. The molecule has 1 atom stereocenters. The first-order valence-electron chi connectivity index (χ1n) is 12.1. The lowest BCUT2D eigenvalue weighted by Crippen LogP contribution is -2.27. The van der Waals surface area contributed by atoms with Crippen molar-refractivity contribution >= 4 is 28.5 Å². The van der Waals surface area contributed by atoms with Gasteiger partial charge in [-0.2, -0.15) is 5.10 Å². The van der Waals surface area contributed by atoms with Crippen LogP contribution in [0.3, 0.4) is 0 Å². The molecule has 6 nitrogen and oxygen atoms in total. The number of fused-ring (bicyclic) bond motifs is 1. The van der Waals surface area contributed by atoms with E-state index in [9.17, 15) is 9.59 Å². The molecule has 1 aliphatic heterocycles. The van der Waals surface area contributed by atoms with Crippen molar-refractivity contribution in [2.24, 2.45) is 5.10 Å². The average Bonchev–Trinajstić information content (AvgIpc) is 3.32. The topological polar surface area (TPSA) is 82.9 Å². The zero-order valence-corrected chi connectivity index (χ0v) is 20.3. The minimum atomic E-state index is -1.00. The monoisotopic (exact) mass is 477 g/mol. The van der Waals surface area contributed by atoms with Crippen molar-refractivity contribution in [2.75, 3.05) is 0 Å². The summed E-state index contributed by atoms with van der Waals surface area (Å²) in [5.41, 5.74) is 7.61. The number of carboxylic acids is 1. The van der Waals surface area contributed by atoms with Crippen LogP contribution in [0.1, 0.15) is 47.7 Å². The first kappa shape index (κ1) is 23.4. The van der Waals surface area contributed by atoms with Crippen molar-refractivity contribution in [1.82, 2.24) is 9.99 Å². The number of amides is 1. The van der Waals surface area contributed by atoms with E-state index in [2.05, 4.69) is 24.3 Å². The number of hydrazone groups is 1. The van der Waals surface area contributed by atoms with Gasteiger partial charge < -0.3 is 5.11 Å². The van der Waals surface area contributed by atoms with E-state index in [1.54, 1.807) is 0 Å². The average molecular weight is 478 g/mol. The largest absolute Gasteiger partial charge is 0.481 e. The number of hydrogen-bond donors (Lipinski definition) is 1. The molecule has 1 amide bonds. The maximum Gasteiger partial charge on any atom is 0.303 e. The van der Waals surface area contributed by atoms with Crippen LogP contribution < -0.4 is 0 Å². The predicted molar refractivity (Wildman–Crippen MR) is 141 cm³/mol. The Kier molecular flexibility index (Phi) is 6.34. The van der Waals surface area contributed by atoms with Crippen LogP contribution in [0.25, 0.3) is 22.0 Å². The van der Waals surface area contributed by atoms with Crippen LogP contribution in [0.5, 0.6) is 0 Å². The smallest absolute Gasteiger partial charge is 0.303 e. The number of carbonyl (C=O) groups is 2. The Morgan fingerprint density at radius 2 is 1.67 bits per heavy atom. The summed E-state index contributed by atoms with van der Waals surface area (Å²) >= 11 is 0. The molecule has 0 bridgehead atoms. The van der Waals surface area contributed by atoms with Crippen LogP contribution in [0, 0.1) is 13.8 Å². The Labute approximate surface area is 209 Å². The molecular weight excluding hydrogens is 450 g/mol. The van der Waals surface area contributed by atoms with Gasteiger partial charge in [0.15, 0.2) is 0 Å². The molecule has 0 saturated carbocycles. The minimum absolute atomic E-state index is 0.102. The lowest BCUT2D eigenvalue weighted by Gasteiger charge is -2.22. The highest BCUT2D eigenvalue weighted by Crippen LogP contribution is 2.39. The molecule has 1 aliphatic rings. The number of aryl methyl sites for hydroxylation is 2. The van der Waals surface area contributed by atoms with E-state index in [0.29, 0.717) is 6.42 Å².